The highest BCUT2D eigenvalue weighted by atomic mass is 32.2. The van der Waals surface area contributed by atoms with Gasteiger partial charge < -0.3 is 5.73 Å². The third kappa shape index (κ3) is 1.66. The van der Waals surface area contributed by atoms with E-state index in [4.69, 9.17) is 10.9 Å². The summed E-state index contributed by atoms with van der Waals surface area (Å²) in [6.07, 6.45) is 2.55. The Kier molecular flexibility index (Phi) is 1.79. The normalized spacial score (nSPS) is 11.4. The van der Waals surface area contributed by atoms with Crippen molar-refractivity contribution in [2.24, 2.45) is 5.14 Å². The van der Waals surface area contributed by atoms with Crippen molar-refractivity contribution >= 4 is 15.7 Å². The van der Waals surface area contributed by atoms with Gasteiger partial charge in [0.1, 0.15) is 4.90 Å². The summed E-state index contributed by atoms with van der Waals surface area (Å²) in [5.41, 5.74) is 5.35. The molecule has 0 amide bonds. The van der Waals surface area contributed by atoms with E-state index < -0.39 is 10.0 Å². The van der Waals surface area contributed by atoms with Crippen LogP contribution in [0.1, 0.15) is 0 Å². The number of hydrogen-bond acceptors (Lipinski definition) is 4. The van der Waals surface area contributed by atoms with Crippen LogP contribution in [0.3, 0.4) is 0 Å². The highest BCUT2D eigenvalue weighted by Crippen LogP contribution is 2.12. The van der Waals surface area contributed by atoms with Crippen LogP contribution in [0.4, 0.5) is 5.69 Å². The van der Waals surface area contributed by atoms with Gasteiger partial charge in [0.2, 0.25) is 10.0 Å². The largest absolute Gasteiger partial charge is 0.396 e. The van der Waals surface area contributed by atoms with E-state index >= 15 is 0 Å². The lowest BCUT2D eigenvalue weighted by Crippen LogP contribution is -2.14. The molecule has 0 spiro atoms. The van der Waals surface area contributed by atoms with Crippen molar-refractivity contribution in [1.82, 2.24) is 4.98 Å². The molecule has 1 aromatic rings. The number of anilines is 1. The van der Waals surface area contributed by atoms with E-state index in [1.807, 2.05) is 0 Å². The van der Waals surface area contributed by atoms with Crippen LogP contribution >= 0.6 is 0 Å². The summed E-state index contributed by atoms with van der Waals surface area (Å²) in [4.78, 5) is 3.52. The molecule has 0 aliphatic rings. The first kappa shape index (κ1) is 7.96. The summed E-state index contributed by atoms with van der Waals surface area (Å²) in [6.45, 7) is 0. The number of hydrogen-bond donors (Lipinski definition) is 2. The van der Waals surface area contributed by atoms with Gasteiger partial charge in [0.15, 0.2) is 0 Å². The fourth-order valence-corrected chi connectivity index (χ4v) is 1.28. The fourth-order valence-electron chi connectivity index (χ4n) is 0.653. The molecule has 0 unspecified atom stereocenters. The lowest BCUT2D eigenvalue weighted by molar-refractivity contribution is 0.598. The predicted octanol–water partition coefficient (Wildman–Crippen LogP) is -0.689. The maximum atomic E-state index is 10.7. The maximum Gasteiger partial charge on any atom is 0.240 e. The van der Waals surface area contributed by atoms with Crippen LogP contribution < -0.4 is 10.9 Å². The topological polar surface area (TPSA) is 99.1 Å². The molecule has 1 rings (SSSR count). The second-order valence-corrected chi connectivity index (χ2v) is 3.49. The van der Waals surface area contributed by atoms with Crippen molar-refractivity contribution in [1.29, 1.82) is 0 Å². The SMILES string of the molecule is Nc1cnccc1S(N)(=O)=O. The molecule has 6 heteroatoms. The lowest BCUT2D eigenvalue weighted by Gasteiger charge is -1.99. The van der Waals surface area contributed by atoms with Crippen LogP contribution in [-0.4, -0.2) is 13.4 Å². The van der Waals surface area contributed by atoms with Gasteiger partial charge >= 0.3 is 0 Å². The lowest BCUT2D eigenvalue weighted by atomic mass is 10.4. The molecule has 0 aliphatic heterocycles. The van der Waals surface area contributed by atoms with Gasteiger partial charge in [0.05, 0.1) is 11.9 Å². The van der Waals surface area contributed by atoms with E-state index in [9.17, 15) is 8.42 Å². The Balaban J connectivity index is 3.37. The second kappa shape index (κ2) is 2.48. The number of aromatic nitrogens is 1. The predicted molar refractivity (Wildman–Crippen MR) is 40.0 cm³/mol. The van der Waals surface area contributed by atoms with Crippen molar-refractivity contribution < 1.29 is 8.42 Å². The van der Waals surface area contributed by atoms with Gasteiger partial charge in [-0.3, -0.25) is 4.98 Å². The van der Waals surface area contributed by atoms with Crippen LogP contribution in [0, 0.1) is 0 Å². The Morgan fingerprint density at radius 2 is 2.09 bits per heavy atom. The Bertz CT molecular complexity index is 360. The van der Waals surface area contributed by atoms with Crippen LogP contribution in [0.2, 0.25) is 0 Å². The average molecular weight is 173 g/mol. The Labute approximate surface area is 64.1 Å². The number of nitrogens with zero attached hydrogens (tertiary/aromatic N) is 1. The standard InChI is InChI=1S/C5H7N3O2S/c6-4-3-8-2-1-5(4)11(7,9)10/h1-3H,6H2,(H2,7,9,10). The molecule has 0 saturated carbocycles. The smallest absolute Gasteiger partial charge is 0.240 e. The number of rotatable bonds is 1. The summed E-state index contributed by atoms with van der Waals surface area (Å²) < 4.78 is 21.4. The quantitative estimate of drug-likeness (QED) is 0.587. The highest BCUT2D eigenvalue weighted by molar-refractivity contribution is 7.89. The van der Waals surface area contributed by atoms with E-state index in [1.165, 1.54) is 18.5 Å². The van der Waals surface area contributed by atoms with E-state index in [0.717, 1.165) is 0 Å². The van der Waals surface area contributed by atoms with Crippen molar-refractivity contribution in [3.8, 4) is 0 Å². The highest BCUT2D eigenvalue weighted by Gasteiger charge is 2.10. The molecular weight excluding hydrogens is 166 g/mol. The third-order valence-corrected chi connectivity index (χ3v) is 2.10. The van der Waals surface area contributed by atoms with Crippen LogP contribution in [0.5, 0.6) is 0 Å². The van der Waals surface area contributed by atoms with E-state index in [2.05, 4.69) is 4.98 Å². The monoisotopic (exact) mass is 173 g/mol. The first-order valence-electron chi connectivity index (χ1n) is 2.74. The minimum atomic E-state index is -3.70. The first-order valence-corrected chi connectivity index (χ1v) is 4.29. The molecular formula is C5H7N3O2S. The van der Waals surface area contributed by atoms with Gasteiger partial charge in [-0.15, -0.1) is 0 Å². The zero-order valence-electron chi connectivity index (χ0n) is 5.56. The molecule has 4 N–H and O–H groups in total. The minimum Gasteiger partial charge on any atom is -0.396 e. The van der Waals surface area contributed by atoms with E-state index in [-0.39, 0.29) is 10.6 Å². The van der Waals surface area contributed by atoms with E-state index in [1.54, 1.807) is 0 Å². The second-order valence-electron chi connectivity index (χ2n) is 1.96. The molecule has 1 aromatic heterocycles. The van der Waals surface area contributed by atoms with Gasteiger partial charge in [-0.25, -0.2) is 13.6 Å². The third-order valence-electron chi connectivity index (χ3n) is 1.12. The number of sulfonamides is 1. The summed E-state index contributed by atoms with van der Waals surface area (Å²) in [7, 11) is -3.70. The average Bonchev–Trinajstić information content (AvgIpc) is 1.86. The zero-order chi connectivity index (χ0) is 8.48. The Morgan fingerprint density at radius 3 is 2.45 bits per heavy atom. The van der Waals surface area contributed by atoms with Crippen LogP contribution in [-0.2, 0) is 10.0 Å². The molecule has 0 aromatic carbocycles. The number of nitrogen functional groups attached to an aromatic ring is 1. The molecule has 0 atom stereocenters. The van der Waals surface area contributed by atoms with Crippen molar-refractivity contribution in [2.75, 3.05) is 5.73 Å². The molecule has 1 heterocycles. The number of pyridine rings is 1. The summed E-state index contributed by atoms with van der Waals surface area (Å²) in [6, 6.07) is 1.25. The Hall–Kier alpha value is -1.14. The molecule has 11 heavy (non-hydrogen) atoms. The zero-order valence-corrected chi connectivity index (χ0v) is 6.38. The van der Waals surface area contributed by atoms with E-state index in [0.29, 0.717) is 0 Å². The molecule has 0 aliphatic carbocycles. The molecule has 0 saturated heterocycles. The van der Waals surface area contributed by atoms with Gasteiger partial charge in [-0.2, -0.15) is 0 Å². The first-order chi connectivity index (χ1) is 5.02. The van der Waals surface area contributed by atoms with Crippen molar-refractivity contribution in [2.45, 2.75) is 4.90 Å². The van der Waals surface area contributed by atoms with Gasteiger partial charge in [-0.05, 0) is 6.07 Å². The van der Waals surface area contributed by atoms with Gasteiger partial charge in [0.25, 0.3) is 0 Å². The van der Waals surface area contributed by atoms with Crippen molar-refractivity contribution in [3.05, 3.63) is 18.5 Å². The fraction of sp³-hybridized carbons (Fsp3) is 0. The minimum absolute atomic E-state index is 0.0648. The summed E-state index contributed by atoms with van der Waals surface area (Å²) in [5, 5.41) is 4.82. The van der Waals surface area contributed by atoms with Gasteiger partial charge in [0, 0.05) is 6.20 Å². The van der Waals surface area contributed by atoms with Crippen molar-refractivity contribution in [3.63, 3.8) is 0 Å². The molecule has 0 bridgehead atoms. The summed E-state index contributed by atoms with van der Waals surface area (Å²) >= 11 is 0. The molecule has 60 valence electrons. The number of primary sulfonamides is 1. The molecule has 0 radical (unpaired) electrons. The molecule has 0 fully saturated rings. The van der Waals surface area contributed by atoms with Crippen LogP contribution in [0.25, 0.3) is 0 Å². The van der Waals surface area contributed by atoms with Gasteiger partial charge in [-0.1, -0.05) is 0 Å². The maximum absolute atomic E-state index is 10.7. The van der Waals surface area contributed by atoms with Crippen LogP contribution in [0.15, 0.2) is 23.4 Å². The summed E-state index contributed by atoms with van der Waals surface area (Å²) in [5.74, 6) is 0. The Morgan fingerprint density at radius 1 is 1.45 bits per heavy atom. The molecule has 5 nitrogen and oxygen atoms in total. The number of nitrogens with two attached hydrogens (primary N) is 2.